The zero-order valence-corrected chi connectivity index (χ0v) is 14.9. The van der Waals surface area contributed by atoms with Crippen molar-refractivity contribution in [2.75, 3.05) is 0 Å². The second-order valence-corrected chi connectivity index (χ2v) is 6.91. The van der Waals surface area contributed by atoms with Gasteiger partial charge < -0.3 is 14.5 Å². The van der Waals surface area contributed by atoms with Gasteiger partial charge in [0.15, 0.2) is 6.10 Å². The Bertz CT molecular complexity index is 684. The van der Waals surface area contributed by atoms with Gasteiger partial charge in [-0.25, -0.2) is 0 Å². The summed E-state index contributed by atoms with van der Waals surface area (Å²) in [7, 11) is 0. The molecule has 0 bridgehead atoms. The fourth-order valence-corrected chi connectivity index (χ4v) is 3.32. The lowest BCUT2D eigenvalue weighted by Crippen LogP contribution is -2.48. The molecule has 1 saturated carbocycles. The Hall–Kier alpha value is -2.37. The van der Waals surface area contributed by atoms with Crippen molar-refractivity contribution in [1.82, 2.24) is 15.5 Å². The Morgan fingerprint density at radius 3 is 2.72 bits per heavy atom. The third-order valence-corrected chi connectivity index (χ3v) is 5.18. The van der Waals surface area contributed by atoms with Crippen LogP contribution in [0.25, 0.3) is 11.5 Å². The number of ether oxygens (including phenoxy) is 1. The van der Waals surface area contributed by atoms with Gasteiger partial charge in [-0.2, -0.15) is 0 Å². The van der Waals surface area contributed by atoms with Crippen molar-refractivity contribution in [1.29, 1.82) is 0 Å². The Morgan fingerprint density at radius 2 is 2.04 bits per heavy atom. The standard InChI is InChI=1S/C19H25N3O3/c1-12-5-4-6-17(13(12)2)21-18(23)14(3)25-16-9-7-15(8-10-16)19-22-20-11-24-19/h7-14,17H,4-6H2,1-3H3,(H,21,23)/t12-,13-,14-,17-/m1/s1. The lowest BCUT2D eigenvalue weighted by atomic mass is 9.78. The summed E-state index contributed by atoms with van der Waals surface area (Å²) in [4.78, 5) is 12.5. The van der Waals surface area contributed by atoms with Crippen LogP contribution in [0.15, 0.2) is 35.1 Å². The van der Waals surface area contributed by atoms with E-state index < -0.39 is 6.10 Å². The number of nitrogens with zero attached hydrogens (tertiary/aromatic N) is 2. The molecule has 134 valence electrons. The van der Waals surface area contributed by atoms with E-state index in [0.717, 1.165) is 12.0 Å². The molecule has 0 saturated heterocycles. The molecular weight excluding hydrogens is 318 g/mol. The number of amides is 1. The molecule has 0 unspecified atom stereocenters. The zero-order valence-electron chi connectivity index (χ0n) is 14.9. The molecule has 2 aromatic rings. The van der Waals surface area contributed by atoms with Crippen molar-refractivity contribution in [2.24, 2.45) is 11.8 Å². The summed E-state index contributed by atoms with van der Waals surface area (Å²) < 4.78 is 10.9. The van der Waals surface area contributed by atoms with Crippen LogP contribution in [0.3, 0.4) is 0 Å². The number of hydrogen-bond donors (Lipinski definition) is 1. The van der Waals surface area contributed by atoms with E-state index in [0.29, 0.717) is 23.5 Å². The molecule has 1 aliphatic rings. The van der Waals surface area contributed by atoms with Crippen molar-refractivity contribution in [3.8, 4) is 17.2 Å². The number of carbonyl (C=O) groups excluding carboxylic acids is 1. The topological polar surface area (TPSA) is 77.2 Å². The average Bonchev–Trinajstić information content (AvgIpc) is 3.14. The second-order valence-electron chi connectivity index (χ2n) is 6.91. The molecule has 1 amide bonds. The van der Waals surface area contributed by atoms with Crippen molar-refractivity contribution in [3.63, 3.8) is 0 Å². The summed E-state index contributed by atoms with van der Waals surface area (Å²) in [5, 5.41) is 10.7. The van der Waals surface area contributed by atoms with E-state index in [9.17, 15) is 4.79 Å². The molecule has 6 nitrogen and oxygen atoms in total. The highest BCUT2D eigenvalue weighted by Gasteiger charge is 2.29. The average molecular weight is 343 g/mol. The van der Waals surface area contributed by atoms with Gasteiger partial charge in [0.2, 0.25) is 12.3 Å². The lowest BCUT2D eigenvalue weighted by Gasteiger charge is -2.35. The molecule has 1 fully saturated rings. The quantitative estimate of drug-likeness (QED) is 0.900. The van der Waals surface area contributed by atoms with E-state index in [2.05, 4.69) is 29.4 Å². The van der Waals surface area contributed by atoms with Crippen LogP contribution in [0.1, 0.15) is 40.0 Å². The van der Waals surface area contributed by atoms with Crippen LogP contribution in [0.2, 0.25) is 0 Å². The molecule has 1 heterocycles. The molecule has 1 aliphatic carbocycles. The second kappa shape index (κ2) is 7.68. The van der Waals surface area contributed by atoms with Crippen LogP contribution in [0.4, 0.5) is 0 Å². The number of nitrogens with one attached hydrogen (secondary N) is 1. The summed E-state index contributed by atoms with van der Waals surface area (Å²) in [6, 6.07) is 7.50. The summed E-state index contributed by atoms with van der Waals surface area (Å²) in [6.07, 6.45) is 4.20. The predicted octanol–water partition coefficient (Wildman–Crippen LogP) is 3.44. The summed E-state index contributed by atoms with van der Waals surface area (Å²) in [5.41, 5.74) is 0.812. The maximum atomic E-state index is 12.5. The minimum absolute atomic E-state index is 0.0630. The molecule has 6 heteroatoms. The van der Waals surface area contributed by atoms with Crippen molar-refractivity contribution in [2.45, 2.75) is 52.2 Å². The largest absolute Gasteiger partial charge is 0.481 e. The first-order valence-electron chi connectivity index (χ1n) is 8.88. The van der Waals surface area contributed by atoms with E-state index in [1.54, 1.807) is 19.1 Å². The van der Waals surface area contributed by atoms with Gasteiger partial charge in [-0.1, -0.05) is 26.7 Å². The van der Waals surface area contributed by atoms with Crippen LogP contribution in [0, 0.1) is 11.8 Å². The maximum Gasteiger partial charge on any atom is 0.261 e. The minimum Gasteiger partial charge on any atom is -0.481 e. The van der Waals surface area contributed by atoms with Crippen LogP contribution < -0.4 is 10.1 Å². The Labute approximate surface area is 148 Å². The van der Waals surface area contributed by atoms with Gasteiger partial charge in [0.1, 0.15) is 5.75 Å². The highest BCUT2D eigenvalue weighted by molar-refractivity contribution is 5.81. The molecule has 3 rings (SSSR count). The number of benzene rings is 1. The van der Waals surface area contributed by atoms with E-state index in [4.69, 9.17) is 9.15 Å². The van der Waals surface area contributed by atoms with Gasteiger partial charge in [0.05, 0.1) is 0 Å². The Balaban J connectivity index is 1.56. The fraction of sp³-hybridized carbons (Fsp3) is 0.526. The van der Waals surface area contributed by atoms with Crippen LogP contribution in [0.5, 0.6) is 5.75 Å². The SMILES string of the molecule is C[C@@H]1[C@H](C)CCC[C@H]1NC(=O)[C@@H](C)Oc1ccc(-c2nnco2)cc1. The molecule has 1 aromatic carbocycles. The number of carbonyl (C=O) groups is 1. The highest BCUT2D eigenvalue weighted by atomic mass is 16.5. The Morgan fingerprint density at radius 1 is 1.28 bits per heavy atom. The molecule has 0 spiro atoms. The van der Waals surface area contributed by atoms with Crippen molar-refractivity contribution in [3.05, 3.63) is 30.7 Å². The first-order valence-corrected chi connectivity index (χ1v) is 8.88. The zero-order chi connectivity index (χ0) is 17.8. The van der Waals surface area contributed by atoms with Crippen molar-refractivity contribution < 1.29 is 13.9 Å². The van der Waals surface area contributed by atoms with E-state index in [1.165, 1.54) is 19.2 Å². The minimum atomic E-state index is -0.543. The summed E-state index contributed by atoms with van der Waals surface area (Å²) in [6.45, 7) is 6.25. The number of hydrogen-bond acceptors (Lipinski definition) is 5. The van der Waals surface area contributed by atoms with Gasteiger partial charge in [-0.3, -0.25) is 4.79 Å². The predicted molar refractivity (Wildman–Crippen MR) is 93.9 cm³/mol. The third kappa shape index (κ3) is 4.18. The smallest absolute Gasteiger partial charge is 0.261 e. The first kappa shape index (κ1) is 17.5. The highest BCUT2D eigenvalue weighted by Crippen LogP contribution is 2.29. The summed E-state index contributed by atoms with van der Waals surface area (Å²) in [5.74, 6) is 2.17. The van der Waals surface area contributed by atoms with Crippen LogP contribution in [-0.4, -0.2) is 28.3 Å². The van der Waals surface area contributed by atoms with Gasteiger partial charge in [-0.15, -0.1) is 10.2 Å². The van der Waals surface area contributed by atoms with Gasteiger partial charge in [0, 0.05) is 11.6 Å². The normalized spacial score (nSPS) is 24.5. The molecule has 0 radical (unpaired) electrons. The molecule has 25 heavy (non-hydrogen) atoms. The van der Waals surface area contributed by atoms with Crippen LogP contribution in [-0.2, 0) is 4.79 Å². The molecule has 1 N–H and O–H groups in total. The van der Waals surface area contributed by atoms with Crippen molar-refractivity contribution >= 4 is 5.91 Å². The monoisotopic (exact) mass is 343 g/mol. The number of aromatic nitrogens is 2. The molecule has 1 aromatic heterocycles. The Kier molecular flexibility index (Phi) is 5.36. The third-order valence-electron chi connectivity index (χ3n) is 5.18. The maximum absolute atomic E-state index is 12.5. The van der Waals surface area contributed by atoms with Gasteiger partial charge in [0.25, 0.3) is 5.91 Å². The first-order chi connectivity index (χ1) is 12.0. The lowest BCUT2D eigenvalue weighted by molar-refractivity contribution is -0.128. The van der Waals surface area contributed by atoms with Gasteiger partial charge >= 0.3 is 0 Å². The molecule has 4 atom stereocenters. The molecular formula is C19H25N3O3. The fourth-order valence-electron chi connectivity index (χ4n) is 3.32. The van der Waals surface area contributed by atoms with Crippen LogP contribution >= 0.6 is 0 Å². The van der Waals surface area contributed by atoms with E-state index in [1.807, 2.05) is 12.1 Å². The molecule has 0 aliphatic heterocycles. The number of rotatable bonds is 5. The van der Waals surface area contributed by atoms with E-state index in [-0.39, 0.29) is 11.9 Å². The van der Waals surface area contributed by atoms with E-state index >= 15 is 0 Å². The summed E-state index contributed by atoms with van der Waals surface area (Å²) >= 11 is 0. The van der Waals surface area contributed by atoms with Gasteiger partial charge in [-0.05, 0) is 49.4 Å².